The van der Waals surface area contributed by atoms with Gasteiger partial charge in [0, 0.05) is 80.6 Å². The minimum absolute atomic E-state index is 0.129. The Balaban J connectivity index is 0. The van der Waals surface area contributed by atoms with Gasteiger partial charge in [-0.2, -0.15) is 0 Å². The molecular formula is C56H110N8O4. The van der Waals surface area contributed by atoms with E-state index in [2.05, 4.69) is 101 Å². The third kappa shape index (κ3) is 35.1. The van der Waals surface area contributed by atoms with Gasteiger partial charge in [0.25, 0.3) is 0 Å². The molecule has 1 aromatic carbocycles. The molecule has 0 atom stereocenters. The van der Waals surface area contributed by atoms with E-state index in [1.54, 1.807) is 0 Å². The van der Waals surface area contributed by atoms with Crippen LogP contribution >= 0.6 is 0 Å². The van der Waals surface area contributed by atoms with Gasteiger partial charge in [-0.15, -0.1) is 0 Å². The first-order valence-corrected chi connectivity index (χ1v) is 26.7. The number of carbonyl (C=O) groups is 4. The van der Waals surface area contributed by atoms with Crippen molar-refractivity contribution < 1.29 is 19.2 Å². The molecule has 0 saturated carbocycles. The number of nitrogens with zero attached hydrogens (tertiary/aromatic N) is 5. The lowest BCUT2D eigenvalue weighted by Crippen LogP contribution is -2.51. The quantitative estimate of drug-likeness (QED) is 0.0878. The maximum atomic E-state index is 12.2. The predicted octanol–water partition coefficient (Wildman–Crippen LogP) is 9.58. The monoisotopic (exact) mass is 959 g/mol. The summed E-state index contributed by atoms with van der Waals surface area (Å²) in [6.45, 7) is 50.3. The van der Waals surface area contributed by atoms with Crippen LogP contribution in [0.2, 0.25) is 0 Å². The Morgan fingerprint density at radius 2 is 0.912 bits per heavy atom. The van der Waals surface area contributed by atoms with Crippen LogP contribution in [0.3, 0.4) is 0 Å². The molecule has 1 heterocycles. The average molecular weight is 960 g/mol. The lowest BCUT2D eigenvalue weighted by Gasteiger charge is -2.37. The molecule has 0 bridgehead atoms. The van der Waals surface area contributed by atoms with E-state index in [0.717, 1.165) is 104 Å². The number of amides is 4. The van der Waals surface area contributed by atoms with Gasteiger partial charge in [0.2, 0.25) is 23.6 Å². The van der Waals surface area contributed by atoms with Crippen molar-refractivity contribution in [2.75, 3.05) is 105 Å². The number of hydrogen-bond acceptors (Lipinski definition) is 8. The molecule has 1 aromatic rings. The van der Waals surface area contributed by atoms with Crippen LogP contribution in [0.4, 0.5) is 0 Å². The van der Waals surface area contributed by atoms with Crippen LogP contribution in [0.5, 0.6) is 0 Å². The zero-order valence-electron chi connectivity index (χ0n) is 47.7. The summed E-state index contributed by atoms with van der Waals surface area (Å²) in [6, 6.07) is 10.5. The molecule has 12 heteroatoms. The molecule has 1 aliphatic heterocycles. The number of likely N-dealkylation sites (N-methyl/N-ethyl adjacent to an activating group) is 1. The number of benzene rings is 1. The fourth-order valence-electron chi connectivity index (χ4n) is 6.97. The molecular weight excluding hydrogens is 849 g/mol. The summed E-state index contributed by atoms with van der Waals surface area (Å²) in [7, 11) is 2.17. The number of piperazine rings is 1. The van der Waals surface area contributed by atoms with Crippen LogP contribution in [0.15, 0.2) is 30.3 Å². The van der Waals surface area contributed by atoms with E-state index in [0.29, 0.717) is 0 Å². The van der Waals surface area contributed by atoms with E-state index >= 15 is 0 Å². The minimum atomic E-state index is -0.275. The largest absolute Gasteiger partial charge is 0.356 e. The Kier molecular flexibility index (Phi) is 36.3. The third-order valence-electron chi connectivity index (χ3n) is 11.6. The Bertz CT molecular complexity index is 1430. The topological polar surface area (TPSA) is 121 Å². The summed E-state index contributed by atoms with van der Waals surface area (Å²) in [5.41, 5.74) is 0.275. The van der Waals surface area contributed by atoms with Crippen molar-refractivity contribution in [1.82, 2.24) is 40.4 Å². The maximum Gasteiger partial charge on any atom is 0.228 e. The number of unbranched alkanes of at least 4 members (excludes halogenated alkanes) is 3. The van der Waals surface area contributed by atoms with Crippen molar-refractivity contribution in [1.29, 1.82) is 0 Å². The second kappa shape index (κ2) is 36.8. The fourth-order valence-corrected chi connectivity index (χ4v) is 6.97. The van der Waals surface area contributed by atoms with E-state index in [1.807, 2.05) is 94.1 Å². The molecule has 1 aliphatic rings. The summed E-state index contributed by atoms with van der Waals surface area (Å²) in [6.07, 6.45) is 9.45. The Morgan fingerprint density at radius 1 is 0.485 bits per heavy atom. The van der Waals surface area contributed by atoms with Crippen LogP contribution < -0.4 is 16.0 Å². The van der Waals surface area contributed by atoms with E-state index < -0.39 is 0 Å². The Morgan fingerprint density at radius 3 is 1.31 bits per heavy atom. The third-order valence-corrected chi connectivity index (χ3v) is 11.6. The Hall–Kier alpha value is -3.06. The number of carbonyl (C=O) groups excluding carboxylic acids is 4. The predicted molar refractivity (Wildman–Crippen MR) is 291 cm³/mol. The first-order chi connectivity index (χ1) is 31.7. The Labute approximate surface area is 420 Å². The molecule has 0 spiro atoms. The molecule has 398 valence electrons. The van der Waals surface area contributed by atoms with E-state index in [1.165, 1.54) is 57.3 Å². The maximum absolute atomic E-state index is 12.2. The SMILES string of the molecule is CC(C)(C)C(=O)N1CCN(Cc2ccccc2)CC1.CCCCN(C)CCCCNC(=O)C(C)(C)C.CCCN(CCC)CCCCNC(=O)C(C)(C)C.CCN(CC)CCNC(=O)C(C)(C)C. The van der Waals surface area contributed by atoms with Crippen LogP contribution in [0.1, 0.15) is 175 Å². The molecule has 68 heavy (non-hydrogen) atoms. The molecule has 1 saturated heterocycles. The van der Waals surface area contributed by atoms with Crippen molar-refractivity contribution in [3.05, 3.63) is 35.9 Å². The number of rotatable bonds is 24. The molecule has 4 amide bonds. The summed E-state index contributed by atoms with van der Waals surface area (Å²) in [4.78, 5) is 58.5. The number of hydrogen-bond donors (Lipinski definition) is 3. The van der Waals surface area contributed by atoms with Gasteiger partial charge >= 0.3 is 0 Å². The van der Waals surface area contributed by atoms with E-state index in [-0.39, 0.29) is 45.3 Å². The average Bonchev–Trinajstić information content (AvgIpc) is 3.26. The number of nitrogens with one attached hydrogen (secondary N) is 3. The van der Waals surface area contributed by atoms with Gasteiger partial charge in [0.05, 0.1) is 0 Å². The van der Waals surface area contributed by atoms with Crippen molar-refractivity contribution >= 4 is 23.6 Å². The minimum Gasteiger partial charge on any atom is -0.356 e. The first-order valence-electron chi connectivity index (χ1n) is 26.7. The van der Waals surface area contributed by atoms with Gasteiger partial charge in [-0.1, -0.05) is 154 Å². The van der Waals surface area contributed by atoms with Gasteiger partial charge in [-0.05, 0) is 103 Å². The second-order valence-corrected chi connectivity index (χ2v) is 22.8. The van der Waals surface area contributed by atoms with Gasteiger partial charge in [0.15, 0.2) is 0 Å². The molecule has 3 N–H and O–H groups in total. The van der Waals surface area contributed by atoms with E-state index in [4.69, 9.17) is 0 Å². The summed E-state index contributed by atoms with van der Waals surface area (Å²) < 4.78 is 0. The zero-order valence-corrected chi connectivity index (χ0v) is 47.7. The van der Waals surface area contributed by atoms with Crippen molar-refractivity contribution in [3.8, 4) is 0 Å². The van der Waals surface area contributed by atoms with Crippen LogP contribution in [-0.2, 0) is 25.7 Å². The molecule has 0 radical (unpaired) electrons. The zero-order chi connectivity index (χ0) is 52.4. The van der Waals surface area contributed by atoms with Gasteiger partial charge in [-0.25, -0.2) is 0 Å². The molecule has 12 nitrogen and oxygen atoms in total. The fraction of sp³-hybridized carbons (Fsp3) is 0.821. The molecule has 0 unspecified atom stereocenters. The molecule has 1 fully saturated rings. The molecule has 0 aliphatic carbocycles. The van der Waals surface area contributed by atoms with Crippen LogP contribution in [-0.4, -0.2) is 153 Å². The van der Waals surface area contributed by atoms with E-state index in [9.17, 15) is 19.2 Å². The van der Waals surface area contributed by atoms with Gasteiger partial charge in [0.1, 0.15) is 0 Å². The normalized spacial score (nSPS) is 13.5. The van der Waals surface area contributed by atoms with Gasteiger partial charge in [-0.3, -0.25) is 24.1 Å². The van der Waals surface area contributed by atoms with Crippen molar-refractivity contribution in [3.63, 3.8) is 0 Å². The first kappa shape index (κ1) is 67.0. The summed E-state index contributed by atoms with van der Waals surface area (Å²) in [5.74, 6) is 0.704. The van der Waals surface area contributed by atoms with Gasteiger partial charge < -0.3 is 35.6 Å². The molecule has 2 rings (SSSR count). The highest BCUT2D eigenvalue weighted by Crippen LogP contribution is 2.19. The van der Waals surface area contributed by atoms with Crippen molar-refractivity contribution in [2.45, 2.75) is 176 Å². The second-order valence-electron chi connectivity index (χ2n) is 22.8. The standard InChI is InChI=1S/C16H24N2O.C15H32N2O.C14H30N2O.C11H24N2O/c1-16(2,3)15(19)18-11-9-17(10-12-18)13-14-7-5-4-6-8-14;1-6-11-17(12-7-2)13-9-8-10-16-14(18)15(3,4)5;1-6-7-11-16(5)12-9-8-10-15-13(17)14(2,3)4;1-6-13(7-2)9-8-12-10(14)11(3,4)5/h4-8H,9-13H2,1-3H3;6-13H2,1-5H3,(H,16,18);6-12H2,1-5H3,(H,15,17);6-9H2,1-5H3,(H,12,14). The highest BCUT2D eigenvalue weighted by molar-refractivity contribution is 5.82. The summed E-state index contributed by atoms with van der Waals surface area (Å²) in [5, 5.41) is 8.93. The highest BCUT2D eigenvalue weighted by atomic mass is 16.2. The lowest BCUT2D eigenvalue weighted by atomic mass is 9.94. The highest BCUT2D eigenvalue weighted by Gasteiger charge is 2.29. The summed E-state index contributed by atoms with van der Waals surface area (Å²) >= 11 is 0. The van der Waals surface area contributed by atoms with Crippen LogP contribution in [0.25, 0.3) is 0 Å². The molecule has 0 aromatic heterocycles. The smallest absolute Gasteiger partial charge is 0.228 e. The van der Waals surface area contributed by atoms with Crippen LogP contribution in [0, 0.1) is 21.7 Å². The van der Waals surface area contributed by atoms with Crippen molar-refractivity contribution in [2.24, 2.45) is 21.7 Å². The lowest BCUT2D eigenvalue weighted by molar-refractivity contribution is -0.141.